The zero-order chi connectivity index (χ0) is 31.5. The van der Waals surface area contributed by atoms with Crippen molar-refractivity contribution in [3.8, 4) is 22.3 Å². The van der Waals surface area contributed by atoms with E-state index in [1.165, 1.54) is 105 Å². The molecule has 0 spiro atoms. The first kappa shape index (κ1) is 36.0. The van der Waals surface area contributed by atoms with Crippen LogP contribution in [0.15, 0.2) is 140 Å². The van der Waals surface area contributed by atoms with Gasteiger partial charge in [-0.25, -0.2) is 0 Å². The zero-order valence-corrected chi connectivity index (χ0v) is 31.8. The van der Waals surface area contributed by atoms with Crippen LogP contribution in [0, 0.1) is 28.7 Å². The first-order valence-corrected chi connectivity index (χ1v) is 19.7. The van der Waals surface area contributed by atoms with Gasteiger partial charge in [0.1, 0.15) is 0 Å². The minimum absolute atomic E-state index is 0. The second kappa shape index (κ2) is 15.8. The average Bonchev–Trinajstić information content (AvgIpc) is 3.70. The Bertz CT molecular complexity index is 2260. The van der Waals surface area contributed by atoms with Crippen molar-refractivity contribution in [2.24, 2.45) is 0 Å². The maximum atomic E-state index is 3.06. The van der Waals surface area contributed by atoms with Crippen molar-refractivity contribution in [1.29, 1.82) is 0 Å². The normalized spacial score (nSPS) is 10.6. The van der Waals surface area contributed by atoms with E-state index in [-0.39, 0.29) is 14.9 Å². The van der Waals surface area contributed by atoms with Gasteiger partial charge < -0.3 is 14.9 Å². The molecule has 8 aromatic rings. The van der Waals surface area contributed by atoms with Crippen LogP contribution in [0.4, 0.5) is 0 Å². The molecule has 0 heterocycles. The Morgan fingerprint density at radius 2 is 1.17 bits per heavy atom. The van der Waals surface area contributed by atoms with Crippen molar-refractivity contribution in [1.82, 2.24) is 0 Å². The van der Waals surface area contributed by atoms with E-state index in [2.05, 4.69) is 174 Å². The van der Waals surface area contributed by atoms with Gasteiger partial charge in [0.25, 0.3) is 0 Å². The topological polar surface area (TPSA) is 0 Å². The summed E-state index contributed by atoms with van der Waals surface area (Å²) in [6.45, 7) is 11.9. The molecule has 234 valence electrons. The molecular weight excluding hydrogens is 660 g/mol. The Labute approximate surface area is 298 Å². The van der Waals surface area contributed by atoms with E-state index >= 15 is 0 Å². The maximum absolute atomic E-state index is 3.06. The Balaban J connectivity index is 0.000000195. The van der Waals surface area contributed by atoms with Crippen LogP contribution in [0.2, 0.25) is 0 Å². The fourth-order valence-corrected chi connectivity index (χ4v) is 6.48. The molecule has 0 bridgehead atoms. The molecule has 8 rings (SSSR count). The first-order valence-electron chi connectivity index (χ1n) is 15.5. The van der Waals surface area contributed by atoms with E-state index in [0.717, 1.165) is 0 Å². The molecule has 0 aliphatic rings. The first-order chi connectivity index (χ1) is 22.0. The third-order valence-corrected chi connectivity index (χ3v) is 8.83. The number of rotatable bonds is 3. The molecule has 0 amide bonds. The molecule has 0 nitrogen and oxygen atoms in total. The molecular formula is C45H42SiZr-4. The van der Waals surface area contributed by atoms with Gasteiger partial charge in [0.15, 0.2) is 0 Å². The summed E-state index contributed by atoms with van der Waals surface area (Å²) in [6, 6.07) is 50.9. The number of hydrogen-bond acceptors (Lipinski definition) is 0. The fourth-order valence-electron chi connectivity index (χ4n) is 6.48. The predicted molar refractivity (Wildman–Crippen MR) is 207 cm³/mol. The van der Waals surface area contributed by atoms with E-state index in [4.69, 9.17) is 0 Å². The SMILES string of the molecule is CC(C)c1cc2c(-c3cccc4ccccc34)cccc2[cH-]1.Cc1cc2c(-c3ccc4ccccc4c3)ccc(C)c2[cH-]1.[CH3-].[CH3-].[Si]=[Zr]. The van der Waals surface area contributed by atoms with Crippen LogP contribution >= 0.6 is 0 Å². The molecule has 47 heavy (non-hydrogen) atoms. The molecule has 2 radical (unpaired) electrons. The molecule has 0 fully saturated rings. The van der Waals surface area contributed by atoms with Crippen molar-refractivity contribution in [3.05, 3.63) is 171 Å². The second-order valence-corrected chi connectivity index (χ2v) is 12.1. The number of aryl methyl sites for hydroxylation is 2. The molecule has 0 N–H and O–H groups in total. The standard InChI is InChI=1S/C22H19.C21H17.2CH3.Si.Zr/c1-15(2)18-13-17-9-6-12-21(22(17)14-18)20-11-5-8-16-7-3-4-10-19(16)20;1-14-11-20-15(2)7-10-19(21(20)12-14)18-9-8-16-5-3-4-6-17(16)13-18;;;;/h3-15H,1-2H3;3-13H,1-2H3;2*1H3;;/q4*-1;;. The van der Waals surface area contributed by atoms with Crippen LogP contribution in [0.3, 0.4) is 0 Å². The van der Waals surface area contributed by atoms with Crippen molar-refractivity contribution in [2.75, 3.05) is 0 Å². The Morgan fingerprint density at radius 1 is 0.532 bits per heavy atom. The molecule has 0 saturated heterocycles. The van der Waals surface area contributed by atoms with Gasteiger partial charge in [-0.1, -0.05) is 130 Å². The van der Waals surface area contributed by atoms with E-state index in [1.54, 1.807) is 0 Å². The Kier molecular flexibility index (Phi) is 12.1. The van der Waals surface area contributed by atoms with Crippen LogP contribution in [0.1, 0.15) is 36.5 Å². The van der Waals surface area contributed by atoms with E-state index in [1.807, 2.05) is 0 Å². The molecule has 2 heteroatoms. The summed E-state index contributed by atoms with van der Waals surface area (Å²) in [6.07, 6.45) is 0. The summed E-state index contributed by atoms with van der Waals surface area (Å²) in [7, 11) is 0. The molecule has 0 unspecified atom stereocenters. The van der Waals surface area contributed by atoms with E-state index in [9.17, 15) is 0 Å². The monoisotopic (exact) mass is 700 g/mol. The van der Waals surface area contributed by atoms with Gasteiger partial charge in [-0.3, -0.25) is 0 Å². The quantitative estimate of drug-likeness (QED) is 0.127. The van der Waals surface area contributed by atoms with Crippen LogP contribution in [-0.2, 0) is 23.3 Å². The Morgan fingerprint density at radius 3 is 1.91 bits per heavy atom. The van der Waals surface area contributed by atoms with Crippen molar-refractivity contribution in [3.63, 3.8) is 0 Å². The van der Waals surface area contributed by atoms with Crippen LogP contribution in [0.25, 0.3) is 65.3 Å². The van der Waals surface area contributed by atoms with Gasteiger partial charge in [-0.05, 0) is 44.7 Å². The fraction of sp³-hybridized carbons (Fsp3) is 0.111. The predicted octanol–water partition coefficient (Wildman–Crippen LogP) is 13.0. The molecule has 0 aliphatic carbocycles. The Hall–Kier alpha value is -3.84. The van der Waals surface area contributed by atoms with E-state index in [0.29, 0.717) is 5.92 Å². The summed E-state index contributed by atoms with van der Waals surface area (Å²) in [5.41, 5.74) is 9.39. The van der Waals surface area contributed by atoms with Crippen molar-refractivity contribution < 1.29 is 23.3 Å². The summed E-state index contributed by atoms with van der Waals surface area (Å²) in [5, 5.41) is 10.7. The molecule has 0 aliphatic heterocycles. The summed E-state index contributed by atoms with van der Waals surface area (Å²) >= 11 is 1.36. The molecule has 0 atom stereocenters. The minimum atomic E-state index is 0. The molecule has 0 saturated carbocycles. The second-order valence-electron chi connectivity index (χ2n) is 12.1. The third kappa shape index (κ3) is 7.35. The van der Waals surface area contributed by atoms with Gasteiger partial charge in [-0.15, -0.1) is 68.6 Å². The van der Waals surface area contributed by atoms with Gasteiger partial charge in [0.05, 0.1) is 0 Å². The van der Waals surface area contributed by atoms with Crippen LogP contribution in [-0.4, -0.2) is 6.88 Å². The van der Waals surface area contributed by atoms with Crippen LogP contribution in [0.5, 0.6) is 0 Å². The van der Waals surface area contributed by atoms with Crippen molar-refractivity contribution >= 4 is 50.0 Å². The third-order valence-electron chi connectivity index (χ3n) is 8.83. The number of fused-ring (bicyclic) bond motifs is 4. The van der Waals surface area contributed by atoms with Crippen molar-refractivity contribution in [2.45, 2.75) is 33.6 Å². The summed E-state index contributed by atoms with van der Waals surface area (Å²) in [5.74, 6) is 0.563. The molecule has 8 aromatic carbocycles. The van der Waals surface area contributed by atoms with Gasteiger partial charge in [0, 0.05) is 0 Å². The van der Waals surface area contributed by atoms with Crippen LogP contribution < -0.4 is 0 Å². The molecule has 0 aromatic heterocycles. The van der Waals surface area contributed by atoms with Gasteiger partial charge >= 0.3 is 30.2 Å². The van der Waals surface area contributed by atoms with Gasteiger partial charge in [0.2, 0.25) is 0 Å². The summed E-state index contributed by atoms with van der Waals surface area (Å²) in [4.78, 5) is 0. The summed E-state index contributed by atoms with van der Waals surface area (Å²) < 4.78 is 0. The number of hydrogen-bond donors (Lipinski definition) is 0. The van der Waals surface area contributed by atoms with Gasteiger partial charge in [-0.2, -0.15) is 12.1 Å². The average molecular weight is 702 g/mol. The zero-order valence-electron chi connectivity index (χ0n) is 28.4. The van der Waals surface area contributed by atoms with E-state index < -0.39 is 0 Å². The number of benzene rings is 6.